The molecule has 4 heterocycles. The molecular formula is C24H28N6O. The molecule has 160 valence electrons. The molecule has 0 unspecified atom stereocenters. The lowest BCUT2D eigenvalue weighted by Gasteiger charge is -2.38. The molecule has 0 aliphatic carbocycles. The molecule has 1 saturated heterocycles. The van der Waals surface area contributed by atoms with Crippen LogP contribution >= 0.6 is 0 Å². The van der Waals surface area contributed by atoms with Crippen LogP contribution in [0.5, 0.6) is 0 Å². The maximum atomic E-state index is 5.51. The number of rotatable bonds is 5. The summed E-state index contributed by atoms with van der Waals surface area (Å²) in [4.78, 5) is 14.3. The van der Waals surface area contributed by atoms with Crippen molar-refractivity contribution in [1.29, 1.82) is 0 Å². The molecule has 1 fully saturated rings. The van der Waals surface area contributed by atoms with Gasteiger partial charge in [0.15, 0.2) is 5.76 Å². The Morgan fingerprint density at radius 3 is 2.52 bits per heavy atom. The fourth-order valence-electron chi connectivity index (χ4n) is 4.28. The minimum atomic E-state index is 0.571. The van der Waals surface area contributed by atoms with Crippen LogP contribution in [0.2, 0.25) is 0 Å². The number of piperazine rings is 1. The summed E-state index contributed by atoms with van der Waals surface area (Å²) in [6.45, 7) is 10.4. The zero-order valence-corrected chi connectivity index (χ0v) is 18.4. The largest absolute Gasteiger partial charge is 0.461 e. The average molecular weight is 417 g/mol. The first-order valence-electron chi connectivity index (χ1n) is 11.0. The smallest absolute Gasteiger partial charge is 0.255 e. The molecule has 0 N–H and O–H groups in total. The summed E-state index contributed by atoms with van der Waals surface area (Å²) < 4.78 is 7.38. The summed E-state index contributed by atoms with van der Waals surface area (Å²) in [5.41, 5.74) is 5.10. The molecule has 31 heavy (non-hydrogen) atoms. The van der Waals surface area contributed by atoms with E-state index in [1.807, 2.05) is 16.6 Å². The van der Waals surface area contributed by atoms with Crippen LogP contribution in [0.15, 0.2) is 47.1 Å². The Bertz CT molecular complexity index is 1190. The predicted octanol–water partition coefficient (Wildman–Crippen LogP) is 4.28. The van der Waals surface area contributed by atoms with Crippen molar-refractivity contribution in [2.24, 2.45) is 0 Å². The number of furan rings is 1. The van der Waals surface area contributed by atoms with E-state index in [-0.39, 0.29) is 0 Å². The van der Waals surface area contributed by atoms with Crippen molar-refractivity contribution in [1.82, 2.24) is 19.6 Å². The molecule has 1 aromatic carbocycles. The van der Waals surface area contributed by atoms with Crippen LogP contribution in [0.3, 0.4) is 0 Å². The van der Waals surface area contributed by atoms with Crippen molar-refractivity contribution in [3.05, 3.63) is 59.5 Å². The third kappa shape index (κ3) is 3.65. The van der Waals surface area contributed by atoms with E-state index >= 15 is 0 Å². The van der Waals surface area contributed by atoms with Crippen LogP contribution in [-0.4, -0.2) is 45.8 Å². The lowest BCUT2D eigenvalue weighted by atomic mass is 10.1. The summed E-state index contributed by atoms with van der Waals surface area (Å²) in [5.74, 6) is 2.92. The number of benzene rings is 1. The highest BCUT2D eigenvalue weighted by atomic mass is 16.3. The fraction of sp³-hybridized carbons (Fsp3) is 0.375. The number of aryl methyl sites for hydroxylation is 2. The molecular weight excluding hydrogens is 388 g/mol. The highest BCUT2D eigenvalue weighted by molar-refractivity contribution is 5.58. The second-order valence-electron chi connectivity index (χ2n) is 8.17. The van der Waals surface area contributed by atoms with Crippen molar-refractivity contribution in [2.75, 3.05) is 36.0 Å². The van der Waals surface area contributed by atoms with Crippen molar-refractivity contribution < 1.29 is 4.42 Å². The van der Waals surface area contributed by atoms with Gasteiger partial charge in [-0.15, -0.1) is 5.10 Å². The zero-order chi connectivity index (χ0) is 21.4. The van der Waals surface area contributed by atoms with Gasteiger partial charge in [-0.05, 0) is 49.6 Å². The van der Waals surface area contributed by atoms with Gasteiger partial charge < -0.3 is 14.2 Å². The number of anilines is 2. The van der Waals surface area contributed by atoms with E-state index in [1.165, 1.54) is 16.8 Å². The van der Waals surface area contributed by atoms with E-state index in [2.05, 4.69) is 59.8 Å². The first-order valence-corrected chi connectivity index (χ1v) is 11.0. The van der Waals surface area contributed by atoms with Gasteiger partial charge in [-0.1, -0.05) is 25.5 Å². The maximum absolute atomic E-state index is 5.51. The van der Waals surface area contributed by atoms with Crippen molar-refractivity contribution in [2.45, 2.75) is 33.6 Å². The van der Waals surface area contributed by atoms with E-state index < -0.39 is 0 Å². The normalized spacial score (nSPS) is 14.5. The minimum absolute atomic E-state index is 0.571. The van der Waals surface area contributed by atoms with Gasteiger partial charge in [-0.25, -0.2) is 4.98 Å². The molecule has 1 aliphatic rings. The highest BCUT2D eigenvalue weighted by Crippen LogP contribution is 2.27. The first-order chi connectivity index (χ1) is 15.1. The fourth-order valence-corrected chi connectivity index (χ4v) is 4.28. The molecule has 0 amide bonds. The second kappa shape index (κ2) is 8.06. The Hall–Kier alpha value is -3.35. The van der Waals surface area contributed by atoms with Gasteiger partial charge in [-0.2, -0.15) is 9.50 Å². The van der Waals surface area contributed by atoms with Gasteiger partial charge in [0.25, 0.3) is 5.78 Å². The first kappa shape index (κ1) is 19.6. The van der Waals surface area contributed by atoms with Gasteiger partial charge in [0.1, 0.15) is 5.82 Å². The Morgan fingerprint density at radius 2 is 1.77 bits per heavy atom. The average Bonchev–Trinajstić information content (AvgIpc) is 3.45. The molecule has 0 bridgehead atoms. The number of hydrogen-bond donors (Lipinski definition) is 0. The third-order valence-electron chi connectivity index (χ3n) is 6.11. The van der Waals surface area contributed by atoms with Gasteiger partial charge in [0.05, 0.1) is 6.26 Å². The lowest BCUT2D eigenvalue weighted by molar-refractivity contribution is 0.577. The van der Waals surface area contributed by atoms with E-state index in [0.29, 0.717) is 17.4 Å². The summed E-state index contributed by atoms with van der Waals surface area (Å²) in [6.07, 6.45) is 3.61. The Labute approximate surface area is 182 Å². The molecule has 0 radical (unpaired) electrons. The summed E-state index contributed by atoms with van der Waals surface area (Å²) in [6, 6.07) is 12.5. The summed E-state index contributed by atoms with van der Waals surface area (Å²) in [7, 11) is 0. The van der Waals surface area contributed by atoms with E-state index in [4.69, 9.17) is 14.5 Å². The SMILES string of the molecule is CCCc1cc(N2CCN(c3cccc(C)c3C)CC2)n2nc(-c3ccco3)nc2n1. The summed E-state index contributed by atoms with van der Waals surface area (Å²) >= 11 is 0. The van der Waals surface area contributed by atoms with Crippen LogP contribution in [-0.2, 0) is 6.42 Å². The van der Waals surface area contributed by atoms with Crippen molar-refractivity contribution >= 4 is 17.3 Å². The Kier molecular flexibility index (Phi) is 5.10. The zero-order valence-electron chi connectivity index (χ0n) is 18.4. The van der Waals surface area contributed by atoms with Crippen LogP contribution in [0.1, 0.15) is 30.2 Å². The minimum Gasteiger partial charge on any atom is -0.461 e. The maximum Gasteiger partial charge on any atom is 0.255 e. The number of fused-ring (bicyclic) bond motifs is 1. The molecule has 5 rings (SSSR count). The van der Waals surface area contributed by atoms with E-state index in [9.17, 15) is 0 Å². The van der Waals surface area contributed by atoms with Crippen LogP contribution < -0.4 is 9.80 Å². The van der Waals surface area contributed by atoms with Crippen LogP contribution in [0, 0.1) is 13.8 Å². The quantitative estimate of drug-likeness (QED) is 0.484. The molecule has 0 saturated carbocycles. The number of aromatic nitrogens is 4. The Morgan fingerprint density at radius 1 is 0.968 bits per heavy atom. The van der Waals surface area contributed by atoms with E-state index in [0.717, 1.165) is 50.5 Å². The lowest BCUT2D eigenvalue weighted by Crippen LogP contribution is -2.47. The molecule has 7 nitrogen and oxygen atoms in total. The second-order valence-corrected chi connectivity index (χ2v) is 8.17. The van der Waals surface area contributed by atoms with Crippen molar-refractivity contribution in [3.8, 4) is 11.6 Å². The topological polar surface area (TPSA) is 62.7 Å². The van der Waals surface area contributed by atoms with Crippen LogP contribution in [0.25, 0.3) is 17.4 Å². The van der Waals surface area contributed by atoms with E-state index in [1.54, 1.807) is 6.26 Å². The molecule has 0 atom stereocenters. The van der Waals surface area contributed by atoms with Crippen molar-refractivity contribution in [3.63, 3.8) is 0 Å². The molecule has 3 aromatic heterocycles. The number of nitrogens with zero attached hydrogens (tertiary/aromatic N) is 6. The van der Waals surface area contributed by atoms with Gasteiger partial charge >= 0.3 is 0 Å². The van der Waals surface area contributed by atoms with Crippen LogP contribution in [0.4, 0.5) is 11.5 Å². The number of hydrogen-bond acceptors (Lipinski definition) is 6. The van der Waals surface area contributed by atoms with Gasteiger partial charge in [0, 0.05) is 43.6 Å². The Balaban J connectivity index is 1.46. The molecule has 1 aliphatic heterocycles. The molecule has 4 aromatic rings. The molecule has 0 spiro atoms. The third-order valence-corrected chi connectivity index (χ3v) is 6.11. The monoisotopic (exact) mass is 416 g/mol. The molecule has 7 heteroatoms. The highest BCUT2D eigenvalue weighted by Gasteiger charge is 2.23. The van der Waals surface area contributed by atoms with Gasteiger partial charge in [-0.3, -0.25) is 0 Å². The summed E-state index contributed by atoms with van der Waals surface area (Å²) in [5, 5.41) is 4.73. The standard InChI is InChI=1S/C24H28N6O/c1-4-7-19-16-22(30-24(25-19)26-23(27-30)21-10-6-15-31-21)29-13-11-28(12-14-29)20-9-5-8-17(2)18(20)3/h5-6,8-10,15-16H,4,7,11-14H2,1-3H3. The van der Waals surface area contributed by atoms with Gasteiger partial charge in [0.2, 0.25) is 5.82 Å². The predicted molar refractivity (Wildman–Crippen MR) is 123 cm³/mol.